The Bertz CT molecular complexity index is 628. The SMILES string of the molecule is COc1ccc(C(O)c2cccc(OC)c2F)c(OC)c1. The number of methoxy groups -OCH3 is 3. The van der Waals surface area contributed by atoms with Gasteiger partial charge in [0, 0.05) is 17.2 Å². The van der Waals surface area contributed by atoms with Gasteiger partial charge in [0.15, 0.2) is 11.6 Å². The summed E-state index contributed by atoms with van der Waals surface area (Å²) in [7, 11) is 4.39. The van der Waals surface area contributed by atoms with Crippen molar-refractivity contribution < 1.29 is 23.7 Å². The maximum Gasteiger partial charge on any atom is 0.171 e. The van der Waals surface area contributed by atoms with Crippen LogP contribution in [0.15, 0.2) is 36.4 Å². The van der Waals surface area contributed by atoms with E-state index in [0.717, 1.165) is 0 Å². The summed E-state index contributed by atoms with van der Waals surface area (Å²) in [5.74, 6) is 0.502. The first-order valence-electron chi connectivity index (χ1n) is 6.34. The summed E-state index contributed by atoms with van der Waals surface area (Å²) in [5.41, 5.74) is 0.572. The normalized spacial score (nSPS) is 11.9. The highest BCUT2D eigenvalue weighted by molar-refractivity contribution is 5.46. The van der Waals surface area contributed by atoms with Crippen molar-refractivity contribution in [2.75, 3.05) is 21.3 Å². The van der Waals surface area contributed by atoms with E-state index in [1.54, 1.807) is 24.3 Å². The Hall–Kier alpha value is -2.27. The third-order valence-electron chi connectivity index (χ3n) is 3.24. The molecule has 0 aliphatic carbocycles. The minimum absolute atomic E-state index is 0.0824. The Morgan fingerprint density at radius 1 is 0.905 bits per heavy atom. The number of hydrogen-bond donors (Lipinski definition) is 1. The van der Waals surface area contributed by atoms with E-state index >= 15 is 0 Å². The van der Waals surface area contributed by atoms with Crippen molar-refractivity contribution in [1.29, 1.82) is 0 Å². The second-order valence-corrected chi connectivity index (χ2v) is 4.37. The summed E-state index contributed by atoms with van der Waals surface area (Å²) in [4.78, 5) is 0. The maximum atomic E-state index is 14.2. The van der Waals surface area contributed by atoms with Crippen molar-refractivity contribution in [1.82, 2.24) is 0 Å². The summed E-state index contributed by atoms with van der Waals surface area (Å²) >= 11 is 0. The van der Waals surface area contributed by atoms with Crippen LogP contribution in [-0.2, 0) is 0 Å². The second kappa shape index (κ2) is 6.45. The Kier molecular flexibility index (Phi) is 4.65. The van der Waals surface area contributed by atoms with Crippen molar-refractivity contribution in [2.24, 2.45) is 0 Å². The molecule has 2 aromatic carbocycles. The fraction of sp³-hybridized carbons (Fsp3) is 0.250. The van der Waals surface area contributed by atoms with Crippen LogP contribution in [0.1, 0.15) is 17.2 Å². The molecule has 0 radical (unpaired) electrons. The Labute approximate surface area is 122 Å². The lowest BCUT2D eigenvalue weighted by atomic mass is 9.99. The quantitative estimate of drug-likeness (QED) is 0.920. The molecule has 1 unspecified atom stereocenters. The number of ether oxygens (including phenoxy) is 3. The summed E-state index contributed by atoms with van der Waals surface area (Å²) in [6.07, 6.45) is -1.17. The van der Waals surface area contributed by atoms with Gasteiger partial charge < -0.3 is 19.3 Å². The number of rotatable bonds is 5. The summed E-state index contributed by atoms with van der Waals surface area (Å²) in [6.45, 7) is 0. The Balaban J connectivity index is 2.47. The fourth-order valence-corrected chi connectivity index (χ4v) is 2.11. The van der Waals surface area contributed by atoms with E-state index in [0.29, 0.717) is 17.1 Å². The van der Waals surface area contributed by atoms with Crippen molar-refractivity contribution in [3.63, 3.8) is 0 Å². The van der Waals surface area contributed by atoms with Gasteiger partial charge in [0.1, 0.15) is 17.6 Å². The lowest BCUT2D eigenvalue weighted by Gasteiger charge is -2.17. The van der Waals surface area contributed by atoms with E-state index in [9.17, 15) is 9.50 Å². The molecule has 0 aliphatic rings. The van der Waals surface area contributed by atoms with Gasteiger partial charge in [-0.15, -0.1) is 0 Å². The van der Waals surface area contributed by atoms with Crippen LogP contribution in [0.5, 0.6) is 17.2 Å². The zero-order valence-electron chi connectivity index (χ0n) is 12.1. The predicted octanol–water partition coefficient (Wildman–Crippen LogP) is 2.93. The zero-order valence-corrected chi connectivity index (χ0v) is 12.1. The Morgan fingerprint density at radius 3 is 2.24 bits per heavy atom. The van der Waals surface area contributed by atoms with Crippen molar-refractivity contribution in [3.8, 4) is 17.2 Å². The smallest absolute Gasteiger partial charge is 0.171 e. The van der Waals surface area contributed by atoms with Crippen molar-refractivity contribution >= 4 is 0 Å². The zero-order chi connectivity index (χ0) is 15.4. The number of halogens is 1. The molecule has 1 N–H and O–H groups in total. The lowest BCUT2D eigenvalue weighted by molar-refractivity contribution is 0.208. The first-order valence-corrected chi connectivity index (χ1v) is 6.34. The van der Waals surface area contributed by atoms with Crippen LogP contribution in [0.2, 0.25) is 0 Å². The van der Waals surface area contributed by atoms with E-state index in [2.05, 4.69) is 0 Å². The molecule has 2 aromatic rings. The molecule has 0 saturated carbocycles. The van der Waals surface area contributed by atoms with Crippen molar-refractivity contribution in [2.45, 2.75) is 6.10 Å². The Morgan fingerprint density at radius 2 is 1.62 bits per heavy atom. The summed E-state index contributed by atoms with van der Waals surface area (Å²) in [5, 5.41) is 10.5. The summed E-state index contributed by atoms with van der Waals surface area (Å²) < 4.78 is 29.5. The molecule has 0 spiro atoms. The molecule has 0 saturated heterocycles. The third kappa shape index (κ3) is 2.92. The molecule has 0 fully saturated rings. The van der Waals surface area contributed by atoms with Gasteiger partial charge in [-0.05, 0) is 18.2 Å². The van der Waals surface area contributed by atoms with E-state index in [1.165, 1.54) is 33.5 Å². The van der Waals surface area contributed by atoms with Gasteiger partial charge >= 0.3 is 0 Å². The largest absolute Gasteiger partial charge is 0.497 e. The van der Waals surface area contributed by atoms with Crippen LogP contribution >= 0.6 is 0 Å². The maximum absolute atomic E-state index is 14.2. The first-order chi connectivity index (χ1) is 10.1. The molecule has 0 bridgehead atoms. The molecular weight excluding hydrogens is 275 g/mol. The van der Waals surface area contributed by atoms with Gasteiger partial charge in [-0.3, -0.25) is 0 Å². The van der Waals surface area contributed by atoms with E-state index in [4.69, 9.17) is 14.2 Å². The van der Waals surface area contributed by atoms with Crippen molar-refractivity contribution in [3.05, 3.63) is 53.3 Å². The van der Waals surface area contributed by atoms with E-state index in [1.807, 2.05) is 0 Å². The molecule has 1 atom stereocenters. The molecule has 4 nitrogen and oxygen atoms in total. The monoisotopic (exact) mass is 292 g/mol. The minimum atomic E-state index is -1.17. The van der Waals surface area contributed by atoms with Crippen LogP contribution in [0, 0.1) is 5.82 Å². The summed E-state index contributed by atoms with van der Waals surface area (Å²) in [6, 6.07) is 9.58. The van der Waals surface area contributed by atoms with Crippen LogP contribution in [0.3, 0.4) is 0 Å². The molecule has 0 aromatic heterocycles. The standard InChI is InChI=1S/C16H17FO4/c1-19-10-7-8-11(14(9-10)21-3)16(18)12-5-4-6-13(20-2)15(12)17/h4-9,16,18H,1-3H3. The first kappa shape index (κ1) is 15.1. The topological polar surface area (TPSA) is 47.9 Å². The average molecular weight is 292 g/mol. The molecule has 21 heavy (non-hydrogen) atoms. The van der Waals surface area contributed by atoms with Gasteiger partial charge in [0.05, 0.1) is 21.3 Å². The highest BCUT2D eigenvalue weighted by Crippen LogP contribution is 2.35. The van der Waals surface area contributed by atoms with Gasteiger partial charge in [-0.25, -0.2) is 4.39 Å². The van der Waals surface area contributed by atoms with Crippen LogP contribution in [0.25, 0.3) is 0 Å². The fourth-order valence-electron chi connectivity index (χ4n) is 2.11. The molecular formula is C16H17FO4. The van der Waals surface area contributed by atoms with Gasteiger partial charge in [0.25, 0.3) is 0 Å². The number of hydrogen-bond acceptors (Lipinski definition) is 4. The van der Waals surface area contributed by atoms with Gasteiger partial charge in [-0.1, -0.05) is 12.1 Å². The number of aliphatic hydroxyl groups is 1. The number of aliphatic hydroxyl groups excluding tert-OH is 1. The highest BCUT2D eigenvalue weighted by atomic mass is 19.1. The van der Waals surface area contributed by atoms with Gasteiger partial charge in [-0.2, -0.15) is 0 Å². The van der Waals surface area contributed by atoms with E-state index < -0.39 is 11.9 Å². The van der Waals surface area contributed by atoms with Crippen LogP contribution in [-0.4, -0.2) is 26.4 Å². The average Bonchev–Trinajstić information content (AvgIpc) is 2.53. The molecule has 0 heterocycles. The van der Waals surface area contributed by atoms with Crippen LogP contribution in [0.4, 0.5) is 4.39 Å². The second-order valence-electron chi connectivity index (χ2n) is 4.37. The highest BCUT2D eigenvalue weighted by Gasteiger charge is 2.21. The van der Waals surface area contributed by atoms with E-state index in [-0.39, 0.29) is 11.3 Å². The third-order valence-corrected chi connectivity index (χ3v) is 3.24. The minimum Gasteiger partial charge on any atom is -0.497 e. The lowest BCUT2D eigenvalue weighted by Crippen LogP contribution is -2.06. The molecule has 2 rings (SSSR count). The molecule has 5 heteroatoms. The molecule has 112 valence electrons. The molecule has 0 amide bonds. The predicted molar refractivity (Wildman–Crippen MR) is 76.6 cm³/mol. The number of benzene rings is 2. The van der Waals surface area contributed by atoms with Crippen LogP contribution < -0.4 is 14.2 Å². The van der Waals surface area contributed by atoms with Gasteiger partial charge in [0.2, 0.25) is 0 Å². The molecule has 0 aliphatic heterocycles.